The molecule has 3 fully saturated rings. The van der Waals surface area contributed by atoms with Gasteiger partial charge in [0.15, 0.2) is 5.60 Å². The topological polar surface area (TPSA) is 79.8 Å². The lowest BCUT2D eigenvalue weighted by molar-refractivity contribution is -0.134. The van der Waals surface area contributed by atoms with Gasteiger partial charge in [0.1, 0.15) is 5.82 Å². The first-order chi connectivity index (χ1) is 15.4. The Bertz CT molecular complexity index is 1180. The number of amides is 2. The van der Waals surface area contributed by atoms with Gasteiger partial charge in [-0.25, -0.2) is 9.18 Å². The third kappa shape index (κ3) is 2.64. The summed E-state index contributed by atoms with van der Waals surface area (Å²) in [6, 6.07) is 6.55. The molecule has 1 saturated carbocycles. The number of hydrogen-bond donors (Lipinski definition) is 0. The second-order valence-corrected chi connectivity index (χ2v) is 9.18. The van der Waals surface area contributed by atoms with Crippen LogP contribution in [0.1, 0.15) is 53.6 Å². The van der Waals surface area contributed by atoms with Crippen molar-refractivity contribution in [2.45, 2.75) is 43.1 Å². The van der Waals surface area contributed by atoms with E-state index in [1.165, 1.54) is 12.3 Å². The number of halogens is 1. The molecule has 164 valence electrons. The highest BCUT2D eigenvalue weighted by atomic mass is 19.1. The number of fused-ring (bicyclic) bond motifs is 2. The molecule has 1 atom stereocenters. The summed E-state index contributed by atoms with van der Waals surface area (Å²) in [7, 11) is 0. The fourth-order valence-corrected chi connectivity index (χ4v) is 5.51. The Labute approximate surface area is 184 Å². The highest BCUT2D eigenvalue weighted by Gasteiger charge is 2.58. The number of ether oxygens (including phenoxy) is 1. The summed E-state index contributed by atoms with van der Waals surface area (Å²) in [5.41, 5.74) is 0.406. The van der Waals surface area contributed by atoms with Gasteiger partial charge in [0, 0.05) is 55.1 Å². The fourth-order valence-electron chi connectivity index (χ4n) is 5.51. The molecule has 2 amide bonds. The maximum Gasteiger partial charge on any atom is 0.341 e. The van der Waals surface area contributed by atoms with E-state index in [-0.39, 0.29) is 18.4 Å². The molecule has 7 nitrogen and oxygen atoms in total. The summed E-state index contributed by atoms with van der Waals surface area (Å²) < 4.78 is 20.9. The Hall–Kier alpha value is -3.29. The van der Waals surface area contributed by atoms with Crippen molar-refractivity contribution in [2.24, 2.45) is 0 Å². The minimum atomic E-state index is -0.882. The van der Waals surface area contributed by atoms with E-state index in [2.05, 4.69) is 4.98 Å². The van der Waals surface area contributed by atoms with Crippen LogP contribution in [0, 0.1) is 5.82 Å². The van der Waals surface area contributed by atoms with Crippen LogP contribution in [-0.4, -0.2) is 47.3 Å². The fraction of sp³-hybridized carbons (Fsp3) is 0.417. The monoisotopic (exact) mass is 435 g/mol. The maximum atomic E-state index is 15.2. The largest absolute Gasteiger partial charge is 0.449 e. The molecule has 2 aromatic rings. The van der Waals surface area contributed by atoms with E-state index >= 15 is 4.39 Å². The van der Waals surface area contributed by atoms with Crippen LogP contribution < -0.4 is 4.90 Å². The lowest BCUT2D eigenvalue weighted by atomic mass is 9.92. The van der Waals surface area contributed by atoms with Crippen LogP contribution in [0.2, 0.25) is 0 Å². The normalized spacial score (nSPS) is 25.4. The summed E-state index contributed by atoms with van der Waals surface area (Å²) in [5.74, 6) is -0.998. The molecule has 4 aliphatic rings. The Balaban J connectivity index is 1.26. The molecule has 3 aliphatic heterocycles. The molecule has 2 saturated heterocycles. The first kappa shape index (κ1) is 19.4. The zero-order valence-electron chi connectivity index (χ0n) is 17.5. The van der Waals surface area contributed by atoms with Crippen LogP contribution in [0.3, 0.4) is 0 Å². The van der Waals surface area contributed by atoms with Crippen molar-refractivity contribution < 1.29 is 23.5 Å². The summed E-state index contributed by atoms with van der Waals surface area (Å²) >= 11 is 0. The molecular formula is C24H22FN3O4. The molecule has 1 unspecified atom stereocenters. The van der Waals surface area contributed by atoms with Crippen LogP contribution in [-0.2, 0) is 25.3 Å². The smallest absolute Gasteiger partial charge is 0.341 e. The number of anilines is 1. The van der Waals surface area contributed by atoms with Crippen molar-refractivity contribution >= 4 is 23.5 Å². The minimum absolute atomic E-state index is 0.00156. The van der Waals surface area contributed by atoms with E-state index in [1.807, 2.05) is 0 Å². The SMILES string of the molecule is O=C1OC2(CCN(C(=O)C3(c4ccc(N5CCCC5=O)cc4F)CC3)C2)c2ccncc21. The molecule has 0 radical (unpaired) electrons. The van der Waals surface area contributed by atoms with E-state index in [9.17, 15) is 14.4 Å². The number of benzene rings is 1. The van der Waals surface area contributed by atoms with Crippen molar-refractivity contribution in [1.82, 2.24) is 9.88 Å². The third-order valence-corrected chi connectivity index (χ3v) is 7.35. The zero-order chi connectivity index (χ0) is 22.1. The van der Waals surface area contributed by atoms with E-state index < -0.39 is 22.8 Å². The van der Waals surface area contributed by atoms with E-state index in [0.29, 0.717) is 55.6 Å². The van der Waals surface area contributed by atoms with Gasteiger partial charge >= 0.3 is 5.97 Å². The van der Waals surface area contributed by atoms with Gasteiger partial charge in [-0.15, -0.1) is 0 Å². The number of nitrogens with zero attached hydrogens (tertiary/aromatic N) is 3. The molecule has 6 rings (SSSR count). The van der Waals surface area contributed by atoms with Crippen LogP contribution >= 0.6 is 0 Å². The van der Waals surface area contributed by atoms with Gasteiger partial charge in [-0.2, -0.15) is 0 Å². The van der Waals surface area contributed by atoms with E-state index in [1.54, 1.807) is 34.2 Å². The van der Waals surface area contributed by atoms with Crippen molar-refractivity contribution in [3.05, 3.63) is 59.2 Å². The molecule has 1 aromatic heterocycles. The minimum Gasteiger partial charge on any atom is -0.449 e. The molecule has 1 spiro atoms. The molecular weight excluding hydrogens is 413 g/mol. The quantitative estimate of drug-likeness (QED) is 0.693. The lowest BCUT2D eigenvalue weighted by Gasteiger charge is -2.27. The van der Waals surface area contributed by atoms with E-state index in [0.717, 1.165) is 12.0 Å². The first-order valence-corrected chi connectivity index (χ1v) is 11.0. The van der Waals surface area contributed by atoms with Gasteiger partial charge in [-0.3, -0.25) is 14.6 Å². The van der Waals surface area contributed by atoms with Crippen molar-refractivity contribution in [3.8, 4) is 0 Å². The summed E-state index contributed by atoms with van der Waals surface area (Å²) in [5, 5.41) is 0. The first-order valence-electron chi connectivity index (χ1n) is 11.0. The Morgan fingerprint density at radius 2 is 1.94 bits per heavy atom. The van der Waals surface area contributed by atoms with Crippen LogP contribution in [0.5, 0.6) is 0 Å². The number of aromatic nitrogens is 1. The van der Waals surface area contributed by atoms with E-state index in [4.69, 9.17) is 4.74 Å². The van der Waals surface area contributed by atoms with Crippen LogP contribution in [0.25, 0.3) is 0 Å². The van der Waals surface area contributed by atoms with Gasteiger partial charge in [0.25, 0.3) is 0 Å². The number of esters is 1. The van der Waals surface area contributed by atoms with Crippen molar-refractivity contribution in [1.29, 1.82) is 0 Å². The summed E-state index contributed by atoms with van der Waals surface area (Å²) in [4.78, 5) is 45.2. The van der Waals surface area contributed by atoms with Crippen molar-refractivity contribution in [2.75, 3.05) is 24.5 Å². The Morgan fingerprint density at radius 3 is 2.66 bits per heavy atom. The number of carbonyl (C=O) groups is 3. The third-order valence-electron chi connectivity index (χ3n) is 7.35. The van der Waals surface area contributed by atoms with Gasteiger partial charge in [0.05, 0.1) is 17.5 Å². The second-order valence-electron chi connectivity index (χ2n) is 9.18. The highest BCUT2D eigenvalue weighted by molar-refractivity contribution is 5.97. The zero-order valence-corrected chi connectivity index (χ0v) is 17.5. The molecule has 0 N–H and O–H groups in total. The summed E-state index contributed by atoms with van der Waals surface area (Å²) in [6.45, 7) is 1.29. The summed E-state index contributed by atoms with van der Waals surface area (Å²) in [6.07, 6.45) is 6.04. The molecule has 32 heavy (non-hydrogen) atoms. The molecule has 1 aliphatic carbocycles. The number of hydrogen-bond acceptors (Lipinski definition) is 5. The average molecular weight is 435 g/mol. The lowest BCUT2D eigenvalue weighted by Crippen LogP contribution is -2.40. The molecule has 0 bridgehead atoms. The number of likely N-dealkylation sites (tertiary alicyclic amines) is 1. The number of pyridine rings is 1. The second kappa shape index (κ2) is 6.60. The predicted molar refractivity (Wildman–Crippen MR) is 111 cm³/mol. The van der Waals surface area contributed by atoms with Crippen molar-refractivity contribution in [3.63, 3.8) is 0 Å². The van der Waals surface area contributed by atoms with Gasteiger partial charge < -0.3 is 14.5 Å². The molecule has 4 heterocycles. The standard InChI is InChI=1S/C24H22FN3O4/c25-19-12-15(28-10-1-2-20(28)29)3-4-18(19)23(6-7-23)22(31)27-11-8-24(14-27)17-5-9-26-13-16(17)21(30)32-24/h3-5,9,12-13H,1-2,6-8,10-11,14H2. The van der Waals surface area contributed by atoms with Gasteiger partial charge in [-0.1, -0.05) is 6.07 Å². The number of rotatable bonds is 3. The number of carbonyl (C=O) groups excluding carboxylic acids is 3. The molecule has 1 aromatic carbocycles. The highest BCUT2D eigenvalue weighted by Crippen LogP contribution is 2.53. The van der Waals surface area contributed by atoms with Gasteiger partial charge in [-0.05, 0) is 37.5 Å². The van der Waals surface area contributed by atoms with Crippen LogP contribution in [0.4, 0.5) is 10.1 Å². The van der Waals surface area contributed by atoms with Gasteiger partial charge in [0.2, 0.25) is 11.8 Å². The predicted octanol–water partition coefficient (Wildman–Crippen LogP) is 2.68. The molecule has 8 heteroatoms. The Morgan fingerprint density at radius 1 is 1.09 bits per heavy atom. The maximum absolute atomic E-state index is 15.2. The average Bonchev–Trinajstić information content (AvgIpc) is 3.16. The Kier molecular flexibility index (Phi) is 4.00. The van der Waals surface area contributed by atoms with Crippen LogP contribution in [0.15, 0.2) is 36.7 Å².